The number of fused-ring (bicyclic) bond motifs is 5. The zero-order valence-corrected chi connectivity index (χ0v) is 12.1. The van der Waals surface area contributed by atoms with Crippen molar-refractivity contribution in [2.24, 2.45) is 11.3 Å². The van der Waals surface area contributed by atoms with Crippen LogP contribution >= 0.6 is 0 Å². The fourth-order valence-electron chi connectivity index (χ4n) is 4.89. The van der Waals surface area contributed by atoms with Gasteiger partial charge in [0.05, 0.1) is 0 Å². The first-order chi connectivity index (χ1) is 10.2. The minimum atomic E-state index is -0.0560. The highest BCUT2D eigenvalue weighted by Crippen LogP contribution is 2.56. The van der Waals surface area contributed by atoms with Crippen LogP contribution in [0.5, 0.6) is 0 Å². The Balaban J connectivity index is 1.66. The molecule has 1 saturated carbocycles. The van der Waals surface area contributed by atoms with Crippen LogP contribution in [0.1, 0.15) is 30.4 Å². The molecule has 1 nitrogen and oxygen atoms in total. The third-order valence-corrected chi connectivity index (χ3v) is 6.00. The Morgan fingerprint density at radius 3 is 2.43 bits per heavy atom. The number of carbonyl (C=O) groups excluding carboxylic acids is 1. The van der Waals surface area contributed by atoms with Gasteiger partial charge in [-0.15, -0.1) is 0 Å². The van der Waals surface area contributed by atoms with E-state index >= 15 is 0 Å². The summed E-state index contributed by atoms with van der Waals surface area (Å²) >= 11 is 0. The van der Waals surface area contributed by atoms with Crippen LogP contribution in [0.15, 0.2) is 48.0 Å². The lowest BCUT2D eigenvalue weighted by Gasteiger charge is -2.39. The number of hydrogen-bond acceptors (Lipinski definition) is 1. The predicted octanol–water partition coefficient (Wildman–Crippen LogP) is 4.23. The van der Waals surface area contributed by atoms with Crippen molar-refractivity contribution in [1.82, 2.24) is 0 Å². The summed E-state index contributed by atoms with van der Waals surface area (Å²) in [6.07, 6.45) is 7.32. The van der Waals surface area contributed by atoms with Gasteiger partial charge in [-0.1, -0.05) is 48.0 Å². The van der Waals surface area contributed by atoms with E-state index in [-0.39, 0.29) is 5.41 Å². The first kappa shape index (κ1) is 11.7. The number of rotatable bonds is 0. The van der Waals surface area contributed by atoms with Gasteiger partial charge in [-0.3, -0.25) is 4.79 Å². The van der Waals surface area contributed by atoms with Gasteiger partial charge < -0.3 is 0 Å². The van der Waals surface area contributed by atoms with Gasteiger partial charge in [-0.05, 0) is 53.5 Å². The van der Waals surface area contributed by atoms with Crippen molar-refractivity contribution in [3.05, 3.63) is 59.2 Å². The monoisotopic (exact) mass is 274 g/mol. The standard InChI is InChI=1S/C20H18O/c21-19-10-16-8-14-3-1-2-4-15(14)9-17(16)12-20(19)11-13-5-6-18(20)7-13/h1-5,8-9,18H,6-7,10-12H2. The average Bonchev–Trinajstić information content (AvgIpc) is 3.08. The summed E-state index contributed by atoms with van der Waals surface area (Å²) in [6, 6.07) is 13.1. The molecule has 0 radical (unpaired) electrons. The normalized spacial score (nSPS) is 30.0. The first-order valence-electron chi connectivity index (χ1n) is 7.96. The largest absolute Gasteiger partial charge is 0.299 e. The van der Waals surface area contributed by atoms with E-state index in [2.05, 4.69) is 42.5 Å². The molecule has 0 N–H and O–H groups in total. The Kier molecular flexibility index (Phi) is 2.15. The second-order valence-electron chi connectivity index (χ2n) is 7.08. The van der Waals surface area contributed by atoms with E-state index in [9.17, 15) is 4.79 Å². The minimum Gasteiger partial charge on any atom is -0.299 e. The van der Waals surface area contributed by atoms with Gasteiger partial charge in [-0.2, -0.15) is 0 Å². The van der Waals surface area contributed by atoms with Crippen LogP contribution in [0.4, 0.5) is 0 Å². The lowest BCUT2D eigenvalue weighted by molar-refractivity contribution is -0.131. The van der Waals surface area contributed by atoms with Gasteiger partial charge >= 0.3 is 0 Å². The number of hydrogen-bond donors (Lipinski definition) is 0. The van der Waals surface area contributed by atoms with Crippen molar-refractivity contribution in [2.45, 2.75) is 32.1 Å². The molecule has 0 aromatic heterocycles. The zero-order valence-electron chi connectivity index (χ0n) is 12.1. The third-order valence-electron chi connectivity index (χ3n) is 6.00. The van der Waals surface area contributed by atoms with Crippen LogP contribution in [0.25, 0.3) is 10.8 Å². The van der Waals surface area contributed by atoms with Crippen molar-refractivity contribution in [2.75, 3.05) is 0 Å². The van der Waals surface area contributed by atoms with Gasteiger partial charge in [0.15, 0.2) is 0 Å². The molecule has 1 fully saturated rings. The summed E-state index contributed by atoms with van der Waals surface area (Å²) < 4.78 is 0. The Morgan fingerprint density at radius 2 is 1.76 bits per heavy atom. The summed E-state index contributed by atoms with van der Waals surface area (Å²) in [6.45, 7) is 0. The number of carbonyl (C=O) groups is 1. The van der Waals surface area contributed by atoms with Gasteiger partial charge in [0, 0.05) is 11.8 Å². The molecule has 2 atom stereocenters. The molecule has 104 valence electrons. The molecule has 1 heteroatoms. The van der Waals surface area contributed by atoms with Gasteiger partial charge in [0.25, 0.3) is 0 Å². The van der Waals surface area contributed by atoms with Crippen molar-refractivity contribution in [1.29, 1.82) is 0 Å². The molecule has 1 spiro atoms. The highest BCUT2D eigenvalue weighted by atomic mass is 16.1. The van der Waals surface area contributed by atoms with Crippen LogP contribution in [0.2, 0.25) is 0 Å². The SMILES string of the molecule is O=C1Cc2cc3ccccc3cc2CC12CC1=CCC2C1. The van der Waals surface area contributed by atoms with Gasteiger partial charge in [-0.25, -0.2) is 0 Å². The lowest BCUT2D eigenvalue weighted by Crippen LogP contribution is -2.42. The van der Waals surface area contributed by atoms with Crippen molar-refractivity contribution >= 4 is 16.6 Å². The van der Waals surface area contributed by atoms with Crippen LogP contribution in [0.3, 0.4) is 0 Å². The van der Waals surface area contributed by atoms with Crippen LogP contribution in [-0.2, 0) is 17.6 Å². The molecule has 0 heterocycles. The molecule has 2 bridgehead atoms. The Morgan fingerprint density at radius 1 is 1.00 bits per heavy atom. The van der Waals surface area contributed by atoms with E-state index in [0.717, 1.165) is 19.3 Å². The van der Waals surface area contributed by atoms with Gasteiger partial charge in [0.2, 0.25) is 0 Å². The maximum absolute atomic E-state index is 12.9. The van der Waals surface area contributed by atoms with Crippen molar-refractivity contribution in [3.8, 4) is 0 Å². The fourth-order valence-corrected chi connectivity index (χ4v) is 4.89. The Bertz CT molecular complexity index is 814. The Hall–Kier alpha value is -1.89. The van der Waals surface area contributed by atoms with Crippen molar-refractivity contribution < 1.29 is 4.79 Å². The van der Waals surface area contributed by atoms with E-state index in [1.807, 2.05) is 0 Å². The molecule has 0 aliphatic heterocycles. The van der Waals surface area contributed by atoms with Crippen LogP contribution < -0.4 is 0 Å². The summed E-state index contributed by atoms with van der Waals surface area (Å²) in [4.78, 5) is 12.9. The predicted molar refractivity (Wildman–Crippen MR) is 84.2 cm³/mol. The highest BCUT2D eigenvalue weighted by molar-refractivity contribution is 5.93. The molecule has 2 aromatic rings. The zero-order chi connectivity index (χ0) is 14.0. The molecule has 0 saturated heterocycles. The van der Waals surface area contributed by atoms with Crippen LogP contribution in [0, 0.1) is 11.3 Å². The van der Waals surface area contributed by atoms with Crippen LogP contribution in [-0.4, -0.2) is 5.78 Å². The smallest absolute Gasteiger partial charge is 0.144 e. The number of allylic oxidation sites excluding steroid dienone is 2. The molecule has 2 aromatic carbocycles. The molecular formula is C20H18O. The molecule has 21 heavy (non-hydrogen) atoms. The van der Waals surface area contributed by atoms with E-state index in [1.165, 1.54) is 33.9 Å². The molecule has 3 aliphatic carbocycles. The maximum Gasteiger partial charge on any atom is 0.144 e. The van der Waals surface area contributed by atoms with E-state index in [0.29, 0.717) is 18.1 Å². The summed E-state index contributed by atoms with van der Waals surface area (Å²) in [5.41, 5.74) is 4.17. The first-order valence-corrected chi connectivity index (χ1v) is 7.96. The maximum atomic E-state index is 12.9. The number of Topliss-reactive ketones (excluding diaryl/α,β-unsaturated/α-hetero) is 1. The van der Waals surface area contributed by atoms with E-state index in [1.54, 1.807) is 0 Å². The van der Waals surface area contributed by atoms with E-state index in [4.69, 9.17) is 0 Å². The topological polar surface area (TPSA) is 17.1 Å². The molecular weight excluding hydrogens is 256 g/mol. The fraction of sp³-hybridized carbons (Fsp3) is 0.350. The molecule has 0 amide bonds. The quantitative estimate of drug-likeness (QED) is 0.657. The van der Waals surface area contributed by atoms with Gasteiger partial charge in [0.1, 0.15) is 5.78 Å². The Labute approximate surface area is 124 Å². The summed E-state index contributed by atoms with van der Waals surface area (Å²) in [5, 5.41) is 2.57. The number of ketones is 1. The summed E-state index contributed by atoms with van der Waals surface area (Å²) in [7, 11) is 0. The second-order valence-corrected chi connectivity index (χ2v) is 7.08. The van der Waals surface area contributed by atoms with E-state index < -0.39 is 0 Å². The molecule has 5 rings (SSSR count). The second kappa shape index (κ2) is 3.85. The molecule has 2 unspecified atom stereocenters. The third kappa shape index (κ3) is 1.49. The lowest BCUT2D eigenvalue weighted by atomic mass is 9.63. The van der Waals surface area contributed by atoms with Crippen molar-refractivity contribution in [3.63, 3.8) is 0 Å². The summed E-state index contributed by atoms with van der Waals surface area (Å²) in [5.74, 6) is 1.08. The molecule has 3 aliphatic rings. The number of benzene rings is 2. The minimum absolute atomic E-state index is 0.0560. The average molecular weight is 274 g/mol. The highest BCUT2D eigenvalue weighted by Gasteiger charge is 2.53.